The van der Waals surface area contributed by atoms with Crippen LogP contribution in [0.15, 0.2) is 22.8 Å². The molecule has 7 heteroatoms. The Labute approximate surface area is 123 Å². The molecule has 0 aliphatic heterocycles. The first-order valence-corrected chi connectivity index (χ1v) is 6.57. The molecule has 0 radical (unpaired) electrons. The van der Waals surface area contributed by atoms with Gasteiger partial charge in [-0.1, -0.05) is 11.6 Å². The van der Waals surface area contributed by atoms with Gasteiger partial charge in [-0.15, -0.1) is 0 Å². The first-order valence-electron chi connectivity index (χ1n) is 4.32. The zero-order valence-corrected chi connectivity index (χ0v) is 12.5. The van der Waals surface area contributed by atoms with E-state index < -0.39 is 11.6 Å². The van der Waals surface area contributed by atoms with Crippen LogP contribution in [0.25, 0.3) is 11.4 Å². The summed E-state index contributed by atoms with van der Waals surface area (Å²) in [5, 5.41) is 0.271. The minimum atomic E-state index is -0.972. The summed E-state index contributed by atoms with van der Waals surface area (Å²) in [7, 11) is 0. The van der Waals surface area contributed by atoms with Gasteiger partial charge in [0, 0.05) is 11.8 Å². The van der Waals surface area contributed by atoms with Gasteiger partial charge in [0.05, 0.1) is 8.04 Å². The van der Waals surface area contributed by atoms with Gasteiger partial charge in [0.15, 0.2) is 17.5 Å². The molecular formula is C10H3BrClF2IN2. The highest BCUT2D eigenvalue weighted by molar-refractivity contribution is 14.1. The van der Waals surface area contributed by atoms with Gasteiger partial charge in [-0.3, -0.25) is 0 Å². The highest BCUT2D eigenvalue weighted by Gasteiger charge is 2.15. The molecule has 0 amide bonds. The van der Waals surface area contributed by atoms with Gasteiger partial charge in [-0.2, -0.15) is 0 Å². The molecule has 1 aromatic heterocycles. The van der Waals surface area contributed by atoms with Gasteiger partial charge in [0.2, 0.25) is 0 Å². The van der Waals surface area contributed by atoms with Crippen LogP contribution in [0.3, 0.4) is 0 Å². The summed E-state index contributed by atoms with van der Waals surface area (Å²) in [5.41, 5.74) is 0.349. The summed E-state index contributed by atoms with van der Waals surface area (Å²) in [6.07, 6.45) is 1.51. The highest BCUT2D eigenvalue weighted by atomic mass is 127. The molecule has 1 aromatic carbocycles. The Hall–Kier alpha value is -0.340. The van der Waals surface area contributed by atoms with Crippen LogP contribution in [0.4, 0.5) is 8.78 Å². The van der Waals surface area contributed by atoms with Crippen molar-refractivity contribution in [1.29, 1.82) is 0 Å². The molecule has 0 unspecified atom stereocenters. The van der Waals surface area contributed by atoms with E-state index in [1.165, 1.54) is 12.3 Å². The molecule has 0 aliphatic carbocycles. The van der Waals surface area contributed by atoms with Crippen molar-refractivity contribution in [2.75, 3.05) is 0 Å². The minimum Gasteiger partial charge on any atom is -0.235 e. The molecule has 17 heavy (non-hydrogen) atoms. The smallest absolute Gasteiger partial charge is 0.173 e. The number of hydrogen-bond acceptors (Lipinski definition) is 2. The molecule has 0 spiro atoms. The molecule has 1 heterocycles. The van der Waals surface area contributed by atoms with Crippen LogP contribution < -0.4 is 0 Å². The van der Waals surface area contributed by atoms with E-state index in [2.05, 4.69) is 25.9 Å². The number of benzene rings is 1. The second-order valence-corrected chi connectivity index (χ2v) is 5.37. The number of hydrogen-bond donors (Lipinski definition) is 0. The zero-order valence-electron chi connectivity index (χ0n) is 8.02. The van der Waals surface area contributed by atoms with Gasteiger partial charge in [-0.25, -0.2) is 18.7 Å². The van der Waals surface area contributed by atoms with Crippen LogP contribution >= 0.6 is 50.1 Å². The number of halogens is 5. The van der Waals surface area contributed by atoms with E-state index in [0.717, 1.165) is 6.07 Å². The van der Waals surface area contributed by atoms with Crippen LogP contribution in [-0.2, 0) is 0 Å². The lowest BCUT2D eigenvalue weighted by molar-refractivity contribution is 0.504. The van der Waals surface area contributed by atoms with E-state index in [1.807, 2.05) is 22.6 Å². The fraction of sp³-hybridized carbons (Fsp3) is 0. The molecule has 0 aliphatic rings. The van der Waals surface area contributed by atoms with Crippen molar-refractivity contribution in [2.45, 2.75) is 0 Å². The van der Waals surface area contributed by atoms with Crippen LogP contribution in [0.5, 0.6) is 0 Å². The van der Waals surface area contributed by atoms with Gasteiger partial charge < -0.3 is 0 Å². The standard InChI is InChI=1S/C10H3BrClF2IN2/c11-7-4(1-2-5(13)8(7)14)10-16-3-6(15)9(12)17-10/h1-3H. The Morgan fingerprint density at radius 2 is 2.00 bits per heavy atom. The molecule has 2 nitrogen and oxygen atoms in total. The lowest BCUT2D eigenvalue weighted by Crippen LogP contribution is -1.95. The Balaban J connectivity index is 2.61. The van der Waals surface area contributed by atoms with Crippen molar-refractivity contribution in [1.82, 2.24) is 9.97 Å². The second-order valence-electron chi connectivity index (χ2n) is 3.06. The molecular weight excluding hydrogens is 428 g/mol. The van der Waals surface area contributed by atoms with E-state index in [0.29, 0.717) is 9.13 Å². The fourth-order valence-corrected chi connectivity index (χ4v) is 2.06. The number of rotatable bonds is 1. The maximum atomic E-state index is 13.3. The Bertz CT molecular complexity index is 595. The van der Waals surface area contributed by atoms with Gasteiger partial charge >= 0.3 is 0 Å². The summed E-state index contributed by atoms with van der Waals surface area (Å²) in [6.45, 7) is 0. The molecule has 0 N–H and O–H groups in total. The molecule has 0 saturated carbocycles. The predicted molar refractivity (Wildman–Crippen MR) is 72.8 cm³/mol. The molecule has 0 fully saturated rings. The monoisotopic (exact) mass is 430 g/mol. The van der Waals surface area contributed by atoms with Crippen molar-refractivity contribution in [3.05, 3.63) is 43.2 Å². The second kappa shape index (κ2) is 5.11. The molecule has 0 saturated heterocycles. The quantitative estimate of drug-likeness (QED) is 0.379. The molecule has 2 aromatic rings. The van der Waals surface area contributed by atoms with Crippen LogP contribution in [0.2, 0.25) is 5.15 Å². The Morgan fingerprint density at radius 1 is 1.29 bits per heavy atom. The third kappa shape index (κ3) is 2.58. The first-order chi connectivity index (χ1) is 8.00. The van der Waals surface area contributed by atoms with Crippen LogP contribution in [0.1, 0.15) is 0 Å². The third-order valence-electron chi connectivity index (χ3n) is 1.98. The van der Waals surface area contributed by atoms with Crippen LogP contribution in [0, 0.1) is 15.2 Å². The normalized spacial score (nSPS) is 10.6. The van der Waals surface area contributed by atoms with Crippen molar-refractivity contribution in [2.24, 2.45) is 0 Å². The van der Waals surface area contributed by atoms with E-state index >= 15 is 0 Å². The van der Waals surface area contributed by atoms with Gasteiger partial charge in [0.25, 0.3) is 0 Å². The van der Waals surface area contributed by atoms with Gasteiger partial charge in [-0.05, 0) is 50.7 Å². The lowest BCUT2D eigenvalue weighted by atomic mass is 10.2. The van der Waals surface area contributed by atoms with Crippen molar-refractivity contribution < 1.29 is 8.78 Å². The molecule has 88 valence electrons. The van der Waals surface area contributed by atoms with E-state index in [-0.39, 0.29) is 15.5 Å². The average Bonchev–Trinajstić information content (AvgIpc) is 2.30. The fourth-order valence-electron chi connectivity index (χ4n) is 1.17. The maximum absolute atomic E-state index is 13.3. The largest absolute Gasteiger partial charge is 0.235 e. The molecule has 0 bridgehead atoms. The first kappa shape index (κ1) is 13.1. The third-order valence-corrected chi connectivity index (χ3v) is 4.15. The Kier molecular flexibility index (Phi) is 3.94. The highest BCUT2D eigenvalue weighted by Crippen LogP contribution is 2.30. The zero-order chi connectivity index (χ0) is 12.6. The number of aromatic nitrogens is 2. The topological polar surface area (TPSA) is 25.8 Å². The van der Waals surface area contributed by atoms with Crippen molar-refractivity contribution >= 4 is 50.1 Å². The summed E-state index contributed by atoms with van der Waals surface area (Å²) in [6, 6.07) is 2.41. The Morgan fingerprint density at radius 3 is 2.65 bits per heavy atom. The van der Waals surface area contributed by atoms with Crippen molar-refractivity contribution in [3.63, 3.8) is 0 Å². The van der Waals surface area contributed by atoms with Crippen molar-refractivity contribution in [3.8, 4) is 11.4 Å². The number of nitrogens with zero attached hydrogens (tertiary/aromatic N) is 2. The van der Waals surface area contributed by atoms with E-state index in [4.69, 9.17) is 11.6 Å². The summed E-state index contributed by atoms with van der Waals surface area (Å²) >= 11 is 10.8. The maximum Gasteiger partial charge on any atom is 0.173 e. The lowest BCUT2D eigenvalue weighted by Gasteiger charge is -2.05. The van der Waals surface area contributed by atoms with Crippen LogP contribution in [-0.4, -0.2) is 9.97 Å². The van der Waals surface area contributed by atoms with Gasteiger partial charge in [0.1, 0.15) is 5.15 Å². The summed E-state index contributed by atoms with van der Waals surface area (Å²) in [4.78, 5) is 8.02. The summed E-state index contributed by atoms with van der Waals surface area (Å²) in [5.74, 6) is -1.67. The average molecular weight is 431 g/mol. The van der Waals surface area contributed by atoms with E-state index in [1.54, 1.807) is 0 Å². The van der Waals surface area contributed by atoms with E-state index in [9.17, 15) is 8.78 Å². The SMILES string of the molecule is Fc1ccc(-c2ncc(I)c(Cl)n2)c(Br)c1F. The predicted octanol–water partition coefficient (Wildman–Crippen LogP) is 4.44. The summed E-state index contributed by atoms with van der Waals surface area (Å²) < 4.78 is 27.0. The molecule has 2 rings (SSSR count). The minimum absolute atomic E-state index is 0.0187. The molecule has 0 atom stereocenters.